The summed E-state index contributed by atoms with van der Waals surface area (Å²) in [5, 5.41) is 5.25. The van der Waals surface area contributed by atoms with E-state index in [1.165, 1.54) is 12.1 Å². The van der Waals surface area contributed by atoms with E-state index in [9.17, 15) is 19.2 Å². The van der Waals surface area contributed by atoms with E-state index in [1.807, 2.05) is 0 Å². The minimum atomic E-state index is -0.684. The second-order valence-corrected chi connectivity index (χ2v) is 6.35. The summed E-state index contributed by atoms with van der Waals surface area (Å²) in [6.07, 6.45) is 0.301. The van der Waals surface area contributed by atoms with Gasteiger partial charge in [-0.25, -0.2) is 9.59 Å². The Balaban J connectivity index is 1.60. The second-order valence-electron chi connectivity index (χ2n) is 6.35. The molecule has 3 rings (SSSR count). The Hall–Kier alpha value is -3.68. The van der Waals surface area contributed by atoms with Gasteiger partial charge in [-0.3, -0.25) is 14.9 Å². The molecule has 8 heteroatoms. The number of fused-ring (bicyclic) bond motifs is 1. The van der Waals surface area contributed by atoms with Crippen LogP contribution in [0.5, 0.6) is 0 Å². The number of carbonyl (C=O) groups excluding carboxylic acids is 4. The van der Waals surface area contributed by atoms with Crippen molar-refractivity contribution in [2.75, 3.05) is 23.8 Å². The van der Waals surface area contributed by atoms with Gasteiger partial charge >= 0.3 is 12.1 Å². The Kier molecular flexibility index (Phi) is 6.23. The zero-order valence-corrected chi connectivity index (χ0v) is 15.8. The zero-order valence-electron chi connectivity index (χ0n) is 15.8. The molecule has 29 heavy (non-hydrogen) atoms. The highest BCUT2D eigenvalue weighted by Gasteiger charge is 2.18. The fourth-order valence-electron chi connectivity index (χ4n) is 2.86. The topological polar surface area (TPSA) is 111 Å². The van der Waals surface area contributed by atoms with E-state index in [2.05, 4.69) is 10.6 Å². The summed E-state index contributed by atoms with van der Waals surface area (Å²) in [5.41, 5.74) is 2.55. The number of ether oxygens (including phenoxy) is 2. The van der Waals surface area contributed by atoms with Crippen molar-refractivity contribution in [3.63, 3.8) is 0 Å². The fourth-order valence-corrected chi connectivity index (χ4v) is 2.86. The van der Waals surface area contributed by atoms with Crippen LogP contribution in [0, 0.1) is 0 Å². The van der Waals surface area contributed by atoms with Gasteiger partial charge in [-0.2, -0.15) is 0 Å². The average molecular weight is 396 g/mol. The van der Waals surface area contributed by atoms with Gasteiger partial charge in [0.05, 0.1) is 12.2 Å². The second kappa shape index (κ2) is 9.01. The summed E-state index contributed by atoms with van der Waals surface area (Å²) in [7, 11) is 0. The first-order valence-corrected chi connectivity index (χ1v) is 9.13. The number of ketones is 1. The van der Waals surface area contributed by atoms with E-state index >= 15 is 0 Å². The van der Waals surface area contributed by atoms with Crippen LogP contribution in [-0.4, -0.2) is 37.0 Å². The molecule has 2 aromatic carbocycles. The molecule has 0 unspecified atom stereocenters. The summed E-state index contributed by atoms with van der Waals surface area (Å²) >= 11 is 0. The summed E-state index contributed by atoms with van der Waals surface area (Å²) < 4.78 is 9.90. The van der Waals surface area contributed by atoms with Crippen LogP contribution in [0.15, 0.2) is 42.5 Å². The predicted molar refractivity (Wildman–Crippen MR) is 105 cm³/mol. The molecule has 2 N–H and O–H groups in total. The maximum absolute atomic E-state index is 12.4. The number of carbonyl (C=O) groups is 4. The molecule has 0 bridgehead atoms. The highest BCUT2D eigenvalue weighted by molar-refractivity contribution is 6.01. The van der Waals surface area contributed by atoms with E-state index in [4.69, 9.17) is 9.47 Å². The van der Waals surface area contributed by atoms with Gasteiger partial charge in [0.25, 0.3) is 0 Å². The van der Waals surface area contributed by atoms with Gasteiger partial charge in [-0.1, -0.05) is 6.07 Å². The summed E-state index contributed by atoms with van der Waals surface area (Å²) in [4.78, 5) is 47.5. The van der Waals surface area contributed by atoms with E-state index in [-0.39, 0.29) is 23.9 Å². The highest BCUT2D eigenvalue weighted by atomic mass is 16.5. The third kappa shape index (κ3) is 5.19. The van der Waals surface area contributed by atoms with Crippen LogP contribution in [0.4, 0.5) is 16.2 Å². The lowest BCUT2D eigenvalue weighted by Crippen LogP contribution is -2.20. The third-order valence-electron chi connectivity index (χ3n) is 4.28. The lowest BCUT2D eigenvalue weighted by Gasteiger charge is -2.17. The summed E-state index contributed by atoms with van der Waals surface area (Å²) in [6, 6.07) is 11.1. The molecule has 2 aromatic rings. The number of amides is 2. The summed E-state index contributed by atoms with van der Waals surface area (Å²) in [6.45, 7) is 1.49. The van der Waals surface area contributed by atoms with Gasteiger partial charge in [-0.05, 0) is 55.3 Å². The van der Waals surface area contributed by atoms with Crippen molar-refractivity contribution in [2.24, 2.45) is 0 Å². The lowest BCUT2D eigenvalue weighted by atomic mass is 9.99. The zero-order chi connectivity index (χ0) is 20.8. The van der Waals surface area contributed by atoms with Gasteiger partial charge in [0.1, 0.15) is 0 Å². The van der Waals surface area contributed by atoms with E-state index in [1.54, 1.807) is 37.3 Å². The molecule has 0 fully saturated rings. The average Bonchev–Trinajstić information content (AvgIpc) is 2.71. The Labute approximate surface area is 167 Å². The number of esters is 1. The van der Waals surface area contributed by atoms with Crippen molar-refractivity contribution < 1.29 is 28.7 Å². The van der Waals surface area contributed by atoms with Crippen molar-refractivity contribution in [1.82, 2.24) is 0 Å². The molecule has 1 aliphatic heterocycles. The molecule has 0 saturated carbocycles. The van der Waals surface area contributed by atoms with Crippen LogP contribution in [-0.2, 0) is 20.7 Å². The van der Waals surface area contributed by atoms with Gasteiger partial charge in [0.2, 0.25) is 5.91 Å². The van der Waals surface area contributed by atoms with Gasteiger partial charge in [-0.15, -0.1) is 0 Å². The van der Waals surface area contributed by atoms with Crippen LogP contribution < -0.4 is 10.6 Å². The molecule has 150 valence electrons. The molecular formula is C21H20N2O6. The molecule has 1 aliphatic rings. The van der Waals surface area contributed by atoms with Crippen LogP contribution in [0.25, 0.3) is 0 Å². The number of benzene rings is 2. The Morgan fingerprint density at radius 1 is 1.03 bits per heavy atom. The van der Waals surface area contributed by atoms with Crippen molar-refractivity contribution in [2.45, 2.75) is 19.8 Å². The minimum absolute atomic E-state index is 0.0508. The Morgan fingerprint density at radius 3 is 2.66 bits per heavy atom. The van der Waals surface area contributed by atoms with Crippen molar-refractivity contribution in [3.8, 4) is 0 Å². The monoisotopic (exact) mass is 396 g/mol. The highest BCUT2D eigenvalue weighted by Crippen LogP contribution is 2.23. The van der Waals surface area contributed by atoms with Gasteiger partial charge in [0.15, 0.2) is 12.4 Å². The van der Waals surface area contributed by atoms with E-state index < -0.39 is 18.7 Å². The maximum Gasteiger partial charge on any atom is 0.411 e. The molecule has 0 spiro atoms. The number of hydrogen-bond donors (Lipinski definition) is 2. The first-order valence-electron chi connectivity index (χ1n) is 9.13. The minimum Gasteiger partial charge on any atom is -0.454 e. The SMILES string of the molecule is CCOC(=O)Nc1cccc(C(=O)OCC(=O)c2ccc3c(c2)CCC(=O)N3)c1. The third-order valence-corrected chi connectivity index (χ3v) is 4.28. The predicted octanol–water partition coefficient (Wildman–Crippen LogP) is 3.18. The van der Waals surface area contributed by atoms with Crippen LogP contribution in [0.3, 0.4) is 0 Å². The molecule has 0 saturated heterocycles. The van der Waals surface area contributed by atoms with Crippen molar-refractivity contribution in [1.29, 1.82) is 0 Å². The molecule has 0 atom stereocenters. The normalized spacial score (nSPS) is 12.4. The summed E-state index contributed by atoms with van der Waals surface area (Å²) in [5.74, 6) is -1.08. The molecule has 8 nitrogen and oxygen atoms in total. The quantitative estimate of drug-likeness (QED) is 0.573. The molecule has 2 amide bonds. The van der Waals surface area contributed by atoms with Crippen LogP contribution >= 0.6 is 0 Å². The lowest BCUT2D eigenvalue weighted by molar-refractivity contribution is -0.116. The number of hydrogen-bond acceptors (Lipinski definition) is 6. The molecule has 0 radical (unpaired) electrons. The first kappa shape index (κ1) is 20.1. The van der Waals surface area contributed by atoms with E-state index in [0.29, 0.717) is 29.8 Å². The number of rotatable bonds is 6. The van der Waals surface area contributed by atoms with Crippen LogP contribution in [0.2, 0.25) is 0 Å². The van der Waals surface area contributed by atoms with Crippen LogP contribution in [0.1, 0.15) is 39.6 Å². The standard InChI is InChI=1S/C21H20N2O6/c1-2-28-21(27)22-16-5-3-4-15(11-16)20(26)29-12-18(24)14-6-8-17-13(10-14)7-9-19(25)23-17/h3-6,8,10-11H,2,7,9,12H2,1H3,(H,22,27)(H,23,25). The van der Waals surface area contributed by atoms with Crippen molar-refractivity contribution >= 4 is 35.1 Å². The number of Topliss-reactive ketones (excluding diaryl/α,β-unsaturated/α-hetero) is 1. The fraction of sp³-hybridized carbons (Fsp3) is 0.238. The number of anilines is 2. The molecule has 1 heterocycles. The number of nitrogens with one attached hydrogen (secondary N) is 2. The first-order chi connectivity index (χ1) is 14.0. The smallest absolute Gasteiger partial charge is 0.411 e. The molecule has 0 aromatic heterocycles. The molecular weight excluding hydrogens is 376 g/mol. The van der Waals surface area contributed by atoms with E-state index in [0.717, 1.165) is 5.56 Å². The largest absolute Gasteiger partial charge is 0.454 e. The van der Waals surface area contributed by atoms with Crippen molar-refractivity contribution in [3.05, 3.63) is 59.2 Å². The van der Waals surface area contributed by atoms with Gasteiger partial charge < -0.3 is 14.8 Å². The molecule has 0 aliphatic carbocycles. The Morgan fingerprint density at radius 2 is 1.86 bits per heavy atom. The number of aryl methyl sites for hydroxylation is 1. The Bertz CT molecular complexity index is 969. The van der Waals surface area contributed by atoms with Gasteiger partial charge in [0, 0.05) is 23.4 Å². The maximum atomic E-state index is 12.4.